The molecule has 0 aliphatic heterocycles. The van der Waals surface area contributed by atoms with E-state index < -0.39 is 11.7 Å². The number of thiol groups is 1. The lowest BCUT2D eigenvalue weighted by Crippen LogP contribution is -2.12. The van der Waals surface area contributed by atoms with Gasteiger partial charge >= 0.3 is 0 Å². The molecule has 28 heavy (non-hydrogen) atoms. The van der Waals surface area contributed by atoms with E-state index in [0.717, 1.165) is 16.9 Å². The molecule has 0 atom stereocenters. The Morgan fingerprint density at radius 2 is 1.86 bits per heavy atom. The second-order valence-electron chi connectivity index (χ2n) is 5.97. The van der Waals surface area contributed by atoms with E-state index in [2.05, 4.69) is 17.9 Å². The summed E-state index contributed by atoms with van der Waals surface area (Å²) in [7, 11) is 0. The van der Waals surface area contributed by atoms with Crippen LogP contribution in [0.15, 0.2) is 59.5 Å². The van der Waals surface area contributed by atoms with Crippen LogP contribution < -0.4 is 10.1 Å². The minimum Gasteiger partial charge on any atom is -0.454 e. The average Bonchev–Trinajstić information content (AvgIpc) is 2.67. The Hall–Kier alpha value is -2.21. The average molecular weight is 436 g/mol. The van der Waals surface area contributed by atoms with E-state index >= 15 is 0 Å². The summed E-state index contributed by atoms with van der Waals surface area (Å²) in [5, 5.41) is 3.23. The Bertz CT molecular complexity index is 1040. The summed E-state index contributed by atoms with van der Waals surface area (Å²) in [5.74, 6) is -0.453. The molecule has 3 aromatic rings. The lowest BCUT2D eigenvalue weighted by molar-refractivity contribution is 0.102. The Morgan fingerprint density at radius 3 is 2.54 bits per heavy atom. The number of anilines is 1. The van der Waals surface area contributed by atoms with Gasteiger partial charge in [0, 0.05) is 22.2 Å². The maximum Gasteiger partial charge on any atom is 0.255 e. The normalized spacial score (nSPS) is 10.6. The molecule has 0 aromatic heterocycles. The smallest absolute Gasteiger partial charge is 0.255 e. The highest BCUT2D eigenvalue weighted by atomic mass is 35.5. The van der Waals surface area contributed by atoms with Crippen LogP contribution in [0.1, 0.15) is 22.8 Å². The largest absolute Gasteiger partial charge is 0.454 e. The van der Waals surface area contributed by atoms with E-state index in [9.17, 15) is 9.18 Å². The van der Waals surface area contributed by atoms with Crippen molar-refractivity contribution in [3.8, 4) is 11.5 Å². The number of nitrogens with one attached hydrogen (secondary N) is 1. The molecule has 1 amide bonds. The number of aryl methyl sites for hydroxylation is 1. The first kappa shape index (κ1) is 20.5. The molecular formula is C21H16Cl2FNO2S. The van der Waals surface area contributed by atoms with E-state index in [4.69, 9.17) is 27.9 Å². The molecule has 1 N–H and O–H groups in total. The fraction of sp³-hybridized carbons (Fsp3) is 0.0952. The zero-order valence-corrected chi connectivity index (χ0v) is 17.2. The second-order valence-corrected chi connectivity index (χ2v) is 7.27. The number of rotatable bonds is 5. The van der Waals surface area contributed by atoms with Gasteiger partial charge in [-0.25, -0.2) is 4.39 Å². The van der Waals surface area contributed by atoms with Crippen LogP contribution in [0.4, 0.5) is 10.1 Å². The van der Waals surface area contributed by atoms with Crippen molar-refractivity contribution in [2.75, 3.05) is 5.32 Å². The SMILES string of the molecule is CCc1cc(Oc2ccc(NC(=O)c3ccc(Cl)c(Cl)c3)cc2F)ccc1S. The molecule has 3 nitrogen and oxygen atoms in total. The van der Waals surface area contributed by atoms with Crippen LogP contribution in [0.2, 0.25) is 10.0 Å². The van der Waals surface area contributed by atoms with Gasteiger partial charge in [0.2, 0.25) is 0 Å². The zero-order chi connectivity index (χ0) is 20.3. The quantitative estimate of drug-likeness (QED) is 0.422. The van der Waals surface area contributed by atoms with E-state index in [1.807, 2.05) is 13.0 Å². The van der Waals surface area contributed by atoms with Gasteiger partial charge in [0.25, 0.3) is 5.91 Å². The van der Waals surface area contributed by atoms with Crippen LogP contribution in [0, 0.1) is 5.82 Å². The van der Waals surface area contributed by atoms with E-state index in [0.29, 0.717) is 22.0 Å². The molecule has 3 rings (SSSR count). The topological polar surface area (TPSA) is 38.3 Å². The number of hydrogen-bond donors (Lipinski definition) is 2. The number of carbonyl (C=O) groups excluding carboxylic acids is 1. The van der Waals surface area contributed by atoms with E-state index in [-0.39, 0.29) is 10.8 Å². The predicted molar refractivity (Wildman–Crippen MR) is 114 cm³/mol. The molecule has 0 bridgehead atoms. The third kappa shape index (κ3) is 4.79. The minimum absolute atomic E-state index is 0.0569. The molecule has 0 radical (unpaired) electrons. The molecule has 0 aliphatic carbocycles. The van der Waals surface area contributed by atoms with Gasteiger partial charge in [0.05, 0.1) is 10.0 Å². The summed E-state index contributed by atoms with van der Waals surface area (Å²) in [6.45, 7) is 2.00. The van der Waals surface area contributed by atoms with Crippen LogP contribution >= 0.6 is 35.8 Å². The van der Waals surface area contributed by atoms with Gasteiger partial charge < -0.3 is 10.1 Å². The van der Waals surface area contributed by atoms with Crippen LogP contribution in [0.3, 0.4) is 0 Å². The van der Waals surface area contributed by atoms with Crippen molar-refractivity contribution in [1.29, 1.82) is 0 Å². The molecule has 0 aliphatic rings. The molecule has 0 heterocycles. The fourth-order valence-electron chi connectivity index (χ4n) is 2.54. The Balaban J connectivity index is 1.75. The number of amides is 1. The van der Waals surface area contributed by atoms with E-state index in [1.54, 1.807) is 18.2 Å². The number of ether oxygens (including phenoxy) is 1. The van der Waals surface area contributed by atoms with Gasteiger partial charge in [-0.2, -0.15) is 0 Å². The highest BCUT2D eigenvalue weighted by molar-refractivity contribution is 7.80. The van der Waals surface area contributed by atoms with Crippen molar-refractivity contribution in [2.45, 2.75) is 18.2 Å². The minimum atomic E-state index is -0.597. The van der Waals surface area contributed by atoms with Crippen LogP contribution in [0.25, 0.3) is 0 Å². The molecule has 0 unspecified atom stereocenters. The Morgan fingerprint density at radius 1 is 1.07 bits per heavy atom. The Kier molecular flexibility index (Phi) is 6.50. The van der Waals surface area contributed by atoms with Gasteiger partial charge in [-0.3, -0.25) is 4.79 Å². The molecule has 0 saturated heterocycles. The number of hydrogen-bond acceptors (Lipinski definition) is 3. The molecule has 144 valence electrons. The van der Waals surface area contributed by atoms with Crippen molar-refractivity contribution in [3.63, 3.8) is 0 Å². The molecule has 3 aromatic carbocycles. The van der Waals surface area contributed by atoms with Gasteiger partial charge in [0.1, 0.15) is 5.75 Å². The maximum absolute atomic E-state index is 14.4. The summed E-state index contributed by atoms with van der Waals surface area (Å²) in [5.41, 5.74) is 1.61. The van der Waals surface area contributed by atoms with Crippen LogP contribution in [-0.2, 0) is 6.42 Å². The van der Waals surface area contributed by atoms with Gasteiger partial charge in [-0.1, -0.05) is 30.1 Å². The van der Waals surface area contributed by atoms with Gasteiger partial charge in [0.15, 0.2) is 11.6 Å². The monoisotopic (exact) mass is 435 g/mol. The second kappa shape index (κ2) is 8.86. The van der Waals surface area contributed by atoms with Crippen LogP contribution in [0.5, 0.6) is 11.5 Å². The number of carbonyl (C=O) groups is 1. The highest BCUT2D eigenvalue weighted by Crippen LogP contribution is 2.29. The molecule has 7 heteroatoms. The first-order valence-electron chi connectivity index (χ1n) is 8.43. The maximum atomic E-state index is 14.4. The Labute approximate surface area is 177 Å². The highest BCUT2D eigenvalue weighted by Gasteiger charge is 2.12. The van der Waals surface area contributed by atoms with Crippen molar-refractivity contribution < 1.29 is 13.9 Å². The first-order valence-corrected chi connectivity index (χ1v) is 9.63. The van der Waals surface area contributed by atoms with Crippen molar-refractivity contribution in [1.82, 2.24) is 0 Å². The van der Waals surface area contributed by atoms with E-state index in [1.165, 1.54) is 30.3 Å². The summed E-state index contributed by atoms with van der Waals surface area (Å²) in [6, 6.07) is 14.1. The molecule has 0 spiro atoms. The lowest BCUT2D eigenvalue weighted by atomic mass is 10.1. The summed E-state index contributed by atoms with van der Waals surface area (Å²) in [6.07, 6.45) is 0.790. The van der Waals surface area contributed by atoms with Crippen molar-refractivity contribution in [3.05, 3.63) is 81.6 Å². The molecule has 0 saturated carbocycles. The third-order valence-electron chi connectivity index (χ3n) is 4.03. The van der Waals surface area contributed by atoms with Gasteiger partial charge in [-0.05, 0) is 60.5 Å². The lowest BCUT2D eigenvalue weighted by Gasteiger charge is -2.11. The summed E-state index contributed by atoms with van der Waals surface area (Å²) < 4.78 is 20.1. The summed E-state index contributed by atoms with van der Waals surface area (Å²) >= 11 is 16.1. The van der Waals surface area contributed by atoms with Gasteiger partial charge in [-0.15, -0.1) is 12.6 Å². The third-order valence-corrected chi connectivity index (χ3v) is 5.21. The van der Waals surface area contributed by atoms with Crippen molar-refractivity contribution >= 4 is 47.4 Å². The predicted octanol–water partition coefficient (Wildman–Crippen LogP) is 7.03. The number of halogens is 3. The molecule has 0 fully saturated rings. The summed E-state index contributed by atoms with van der Waals surface area (Å²) in [4.78, 5) is 13.2. The van der Waals surface area contributed by atoms with Crippen molar-refractivity contribution in [2.24, 2.45) is 0 Å². The van der Waals surface area contributed by atoms with Crippen LogP contribution in [-0.4, -0.2) is 5.91 Å². The fourth-order valence-corrected chi connectivity index (χ4v) is 3.13. The standard InChI is InChI=1S/C21H16Cl2FNO2S/c1-2-12-9-15(5-8-20(12)28)27-19-7-4-14(11-18(19)24)25-21(26)13-3-6-16(22)17(23)10-13/h3-11,28H,2H2,1H3,(H,25,26). The first-order chi connectivity index (χ1) is 13.4. The molecular weight excluding hydrogens is 420 g/mol. The number of benzene rings is 3. The zero-order valence-electron chi connectivity index (χ0n) is 14.8.